The Labute approximate surface area is 246 Å². The van der Waals surface area contributed by atoms with Crippen LogP contribution in [0.25, 0.3) is 6.08 Å². The average Bonchev–Trinajstić information content (AvgIpc) is 2.96. The number of ether oxygens (including phenoxy) is 2. The van der Waals surface area contributed by atoms with E-state index in [1.165, 1.54) is 31.8 Å². The number of anilines is 2. The number of rotatable bonds is 16. The number of nitrogen functional groups attached to an aromatic ring is 2. The Morgan fingerprint density at radius 2 is 1.68 bits per heavy atom. The first-order valence-electron chi connectivity index (χ1n) is 15.3. The first-order chi connectivity index (χ1) is 19.9. The summed E-state index contributed by atoms with van der Waals surface area (Å²) in [5, 5.41) is 0. The van der Waals surface area contributed by atoms with Crippen molar-refractivity contribution in [1.29, 1.82) is 0 Å². The van der Waals surface area contributed by atoms with E-state index in [0.717, 1.165) is 68.4 Å². The van der Waals surface area contributed by atoms with Crippen molar-refractivity contribution in [2.24, 2.45) is 11.8 Å². The van der Waals surface area contributed by atoms with Gasteiger partial charge < -0.3 is 20.9 Å². The summed E-state index contributed by atoms with van der Waals surface area (Å²) in [4.78, 5) is 25.2. The maximum atomic E-state index is 12.7. The Hall–Kier alpha value is -3.54. The largest absolute Gasteiger partial charge is 0.462 e. The lowest BCUT2D eigenvalue weighted by atomic mass is 9.80. The topological polar surface area (TPSA) is 105 Å². The summed E-state index contributed by atoms with van der Waals surface area (Å²) in [7, 11) is 0. The van der Waals surface area contributed by atoms with Crippen LogP contribution in [0.1, 0.15) is 101 Å². The lowest BCUT2D eigenvalue weighted by molar-refractivity contribution is -0.140. The van der Waals surface area contributed by atoms with Gasteiger partial charge in [0.05, 0.1) is 12.5 Å². The molecule has 0 aliphatic heterocycles. The Morgan fingerprint density at radius 1 is 0.976 bits per heavy atom. The summed E-state index contributed by atoms with van der Waals surface area (Å²) in [6.45, 7) is 6.18. The van der Waals surface area contributed by atoms with Crippen molar-refractivity contribution in [2.45, 2.75) is 89.9 Å². The molecule has 2 aromatic carbocycles. The van der Waals surface area contributed by atoms with Crippen molar-refractivity contribution in [2.75, 3.05) is 18.1 Å². The van der Waals surface area contributed by atoms with E-state index in [2.05, 4.69) is 13.5 Å². The van der Waals surface area contributed by atoms with Crippen LogP contribution in [-0.4, -0.2) is 18.5 Å². The molecule has 6 nitrogen and oxygen atoms in total. The summed E-state index contributed by atoms with van der Waals surface area (Å²) in [6, 6.07) is 12.7. The molecule has 1 saturated carbocycles. The maximum Gasteiger partial charge on any atom is 0.330 e. The number of unbranched alkanes of at least 4 members (excludes halogenated alkanes) is 4. The summed E-state index contributed by atoms with van der Waals surface area (Å²) >= 11 is 0. The number of benzene rings is 2. The van der Waals surface area contributed by atoms with Crippen LogP contribution in [0.2, 0.25) is 0 Å². The average molecular weight is 561 g/mol. The second-order valence-corrected chi connectivity index (χ2v) is 11.4. The fourth-order valence-electron chi connectivity index (χ4n) is 5.56. The van der Waals surface area contributed by atoms with E-state index in [0.29, 0.717) is 17.1 Å². The number of carbonyl (C=O) groups is 2. The first-order valence-corrected chi connectivity index (χ1v) is 15.3. The van der Waals surface area contributed by atoms with Gasteiger partial charge in [0.2, 0.25) is 0 Å². The molecule has 1 atom stereocenters. The number of hydrogen-bond donors (Lipinski definition) is 2. The number of allylic oxidation sites excluding steroid dienone is 1. The summed E-state index contributed by atoms with van der Waals surface area (Å²) in [5.74, 6) is 0.728. The van der Waals surface area contributed by atoms with E-state index in [9.17, 15) is 9.59 Å². The number of nitrogens with two attached hydrogens (primary N) is 2. The van der Waals surface area contributed by atoms with Crippen molar-refractivity contribution in [3.63, 3.8) is 0 Å². The molecule has 222 valence electrons. The Morgan fingerprint density at radius 3 is 2.34 bits per heavy atom. The normalized spacial score (nSPS) is 17.7. The standard InChI is InChI=1S/C35H48N2O4/c1-3-5-7-8-9-10-26-12-17-28(18-13-26)35(39)41-33-19-14-27(15-20-33)16-21-34(38)40-25-29(11-6-4-2)30-22-31(36)24-32(37)23-30/h3,14-16,19-24,26,28-29H,1,4-13,17-18,25,36-37H2,2H3/b21-16+. The molecule has 0 heterocycles. The molecule has 1 fully saturated rings. The maximum absolute atomic E-state index is 12.7. The first kappa shape index (κ1) is 32.0. The molecule has 1 unspecified atom stereocenters. The lowest BCUT2D eigenvalue weighted by Gasteiger charge is -2.27. The third kappa shape index (κ3) is 11.5. The van der Waals surface area contributed by atoms with E-state index in [1.807, 2.05) is 30.3 Å². The molecular formula is C35H48N2O4. The third-order valence-electron chi connectivity index (χ3n) is 8.02. The van der Waals surface area contributed by atoms with Crippen molar-refractivity contribution in [1.82, 2.24) is 0 Å². The number of esters is 2. The minimum Gasteiger partial charge on any atom is -0.462 e. The Balaban J connectivity index is 1.42. The van der Waals surface area contributed by atoms with E-state index >= 15 is 0 Å². The minimum absolute atomic E-state index is 0.0220. The zero-order valence-electron chi connectivity index (χ0n) is 24.7. The minimum atomic E-state index is -0.411. The highest BCUT2D eigenvalue weighted by molar-refractivity contribution is 5.87. The Kier molecular flexibility index (Phi) is 13.5. The van der Waals surface area contributed by atoms with E-state index in [1.54, 1.807) is 24.3 Å². The van der Waals surface area contributed by atoms with Gasteiger partial charge in [-0.1, -0.05) is 57.2 Å². The monoisotopic (exact) mass is 560 g/mol. The summed E-state index contributed by atoms with van der Waals surface area (Å²) in [6.07, 6.45) is 18.2. The van der Waals surface area contributed by atoms with Crippen LogP contribution < -0.4 is 16.2 Å². The van der Waals surface area contributed by atoms with Crippen LogP contribution in [0, 0.1) is 11.8 Å². The Bertz CT molecular complexity index is 1110. The van der Waals surface area contributed by atoms with Crippen molar-refractivity contribution < 1.29 is 19.1 Å². The highest BCUT2D eigenvalue weighted by atomic mass is 16.5. The molecule has 3 rings (SSSR count). The molecule has 1 aliphatic rings. The van der Waals surface area contributed by atoms with Crippen LogP contribution in [0.3, 0.4) is 0 Å². The van der Waals surface area contributed by atoms with E-state index in [4.69, 9.17) is 20.9 Å². The van der Waals surface area contributed by atoms with Crippen molar-refractivity contribution in [3.8, 4) is 5.75 Å². The molecule has 2 aromatic rings. The smallest absolute Gasteiger partial charge is 0.330 e. The molecule has 0 bridgehead atoms. The second kappa shape index (κ2) is 17.3. The quantitative estimate of drug-likeness (QED) is 0.0535. The molecule has 0 saturated heterocycles. The molecule has 0 amide bonds. The van der Waals surface area contributed by atoms with Gasteiger partial charge >= 0.3 is 11.9 Å². The van der Waals surface area contributed by atoms with Crippen LogP contribution in [0.4, 0.5) is 11.4 Å². The molecule has 41 heavy (non-hydrogen) atoms. The van der Waals surface area contributed by atoms with Gasteiger partial charge in [0.1, 0.15) is 5.75 Å². The van der Waals surface area contributed by atoms with Gasteiger partial charge in [-0.2, -0.15) is 0 Å². The molecule has 0 aromatic heterocycles. The zero-order valence-corrected chi connectivity index (χ0v) is 24.7. The SMILES string of the molecule is C=CCCCCCC1CCC(C(=O)Oc2ccc(/C=C/C(=O)OCC(CCCC)c3cc(N)cc(N)c3)cc2)CC1. The van der Waals surface area contributed by atoms with Gasteiger partial charge in [0, 0.05) is 23.4 Å². The number of hydrogen-bond acceptors (Lipinski definition) is 6. The highest BCUT2D eigenvalue weighted by Crippen LogP contribution is 2.33. The molecule has 6 heteroatoms. The second-order valence-electron chi connectivity index (χ2n) is 11.4. The summed E-state index contributed by atoms with van der Waals surface area (Å²) in [5.41, 5.74) is 15.0. The fraction of sp³-hybridized carbons (Fsp3) is 0.486. The van der Waals surface area contributed by atoms with Gasteiger partial charge in [-0.3, -0.25) is 4.79 Å². The van der Waals surface area contributed by atoms with Crippen LogP contribution in [0.15, 0.2) is 61.2 Å². The van der Waals surface area contributed by atoms with Crippen molar-refractivity contribution >= 4 is 29.4 Å². The predicted octanol–water partition coefficient (Wildman–Crippen LogP) is 8.23. The lowest BCUT2D eigenvalue weighted by Crippen LogP contribution is -2.25. The molecule has 0 radical (unpaired) electrons. The molecule has 4 N–H and O–H groups in total. The highest BCUT2D eigenvalue weighted by Gasteiger charge is 2.27. The molecule has 0 spiro atoms. The molecule has 1 aliphatic carbocycles. The van der Waals surface area contributed by atoms with Gasteiger partial charge in [0.15, 0.2) is 0 Å². The number of carbonyl (C=O) groups excluding carboxylic acids is 2. The van der Waals surface area contributed by atoms with E-state index < -0.39 is 5.97 Å². The van der Waals surface area contributed by atoms with Crippen LogP contribution in [0.5, 0.6) is 5.75 Å². The predicted molar refractivity (Wildman–Crippen MR) is 168 cm³/mol. The van der Waals surface area contributed by atoms with Gasteiger partial charge in [-0.25, -0.2) is 4.79 Å². The summed E-state index contributed by atoms with van der Waals surface area (Å²) < 4.78 is 11.2. The fourth-order valence-corrected chi connectivity index (χ4v) is 5.56. The molecular weight excluding hydrogens is 512 g/mol. The van der Waals surface area contributed by atoms with Crippen molar-refractivity contribution in [3.05, 3.63) is 72.3 Å². The third-order valence-corrected chi connectivity index (χ3v) is 8.02. The van der Waals surface area contributed by atoms with E-state index in [-0.39, 0.29) is 24.4 Å². The van der Waals surface area contributed by atoms with Crippen LogP contribution in [-0.2, 0) is 14.3 Å². The zero-order chi connectivity index (χ0) is 29.5. The van der Waals surface area contributed by atoms with Gasteiger partial charge in [-0.05, 0) is 98.4 Å². The van der Waals surface area contributed by atoms with Crippen LogP contribution >= 0.6 is 0 Å². The van der Waals surface area contributed by atoms with Gasteiger partial charge in [-0.15, -0.1) is 6.58 Å². The van der Waals surface area contributed by atoms with Gasteiger partial charge in [0.25, 0.3) is 0 Å².